The molecule has 3 heteroatoms. The molecule has 2 aromatic rings. The van der Waals surface area contributed by atoms with Crippen molar-refractivity contribution in [2.75, 3.05) is 13.6 Å². The van der Waals surface area contributed by atoms with E-state index in [0.717, 1.165) is 17.3 Å². The molecule has 1 aromatic carbocycles. The highest BCUT2D eigenvalue weighted by atomic mass is 16.3. The molecule has 1 aliphatic heterocycles. The number of rotatable bonds is 2. The minimum absolute atomic E-state index is 0.348. The van der Waals surface area contributed by atoms with Gasteiger partial charge in [-0.2, -0.15) is 0 Å². The molecular formula is C15H20N2O. The van der Waals surface area contributed by atoms with E-state index in [0.29, 0.717) is 11.8 Å². The second-order valence-corrected chi connectivity index (χ2v) is 5.38. The number of hydrogen-bond acceptors (Lipinski definition) is 2. The van der Waals surface area contributed by atoms with E-state index in [2.05, 4.69) is 23.1 Å². The number of phenols is 1. The number of piperidine rings is 1. The molecule has 0 aliphatic carbocycles. The van der Waals surface area contributed by atoms with Crippen LogP contribution in [0, 0.1) is 0 Å². The Kier molecular flexibility index (Phi) is 3.00. The van der Waals surface area contributed by atoms with Crippen molar-refractivity contribution in [3.8, 4) is 5.75 Å². The highest BCUT2D eigenvalue weighted by Gasteiger charge is 2.20. The number of likely N-dealkylation sites (N-methyl/N-ethyl adjacent to an activating group) is 1. The number of likely N-dealkylation sites (tertiary alicyclic amines) is 1. The van der Waals surface area contributed by atoms with Crippen LogP contribution in [0.3, 0.4) is 0 Å². The summed E-state index contributed by atoms with van der Waals surface area (Å²) < 4.78 is 0. The average molecular weight is 244 g/mol. The van der Waals surface area contributed by atoms with E-state index in [1.165, 1.54) is 31.4 Å². The number of nitrogens with one attached hydrogen (secondary N) is 1. The van der Waals surface area contributed by atoms with Gasteiger partial charge in [-0.15, -0.1) is 0 Å². The zero-order valence-electron chi connectivity index (χ0n) is 10.8. The number of nitrogens with zero attached hydrogens (tertiary/aromatic N) is 1. The molecule has 1 unspecified atom stereocenters. The van der Waals surface area contributed by atoms with Crippen LogP contribution >= 0.6 is 0 Å². The first kappa shape index (κ1) is 11.6. The molecule has 0 radical (unpaired) electrons. The van der Waals surface area contributed by atoms with Crippen molar-refractivity contribution in [3.63, 3.8) is 0 Å². The van der Waals surface area contributed by atoms with E-state index in [-0.39, 0.29) is 0 Å². The zero-order chi connectivity index (χ0) is 12.5. The molecule has 0 saturated carbocycles. The molecule has 0 amide bonds. The molecule has 1 aromatic heterocycles. The van der Waals surface area contributed by atoms with Crippen LogP contribution in [0.1, 0.15) is 24.8 Å². The summed E-state index contributed by atoms with van der Waals surface area (Å²) in [6, 6.07) is 6.18. The summed E-state index contributed by atoms with van der Waals surface area (Å²) in [6.45, 7) is 1.21. The Morgan fingerprint density at radius 3 is 3.11 bits per heavy atom. The molecular weight excluding hydrogens is 224 g/mol. The van der Waals surface area contributed by atoms with Gasteiger partial charge in [0.1, 0.15) is 5.75 Å². The lowest BCUT2D eigenvalue weighted by atomic mass is 9.96. The monoisotopic (exact) mass is 244 g/mol. The van der Waals surface area contributed by atoms with Gasteiger partial charge in [-0.25, -0.2) is 0 Å². The Labute approximate surface area is 107 Å². The second kappa shape index (κ2) is 4.65. The summed E-state index contributed by atoms with van der Waals surface area (Å²) in [6.07, 6.45) is 7.10. The average Bonchev–Trinajstić information content (AvgIpc) is 2.75. The van der Waals surface area contributed by atoms with Crippen molar-refractivity contribution in [1.82, 2.24) is 9.88 Å². The lowest BCUT2D eigenvalue weighted by molar-refractivity contribution is 0.185. The van der Waals surface area contributed by atoms with Gasteiger partial charge in [-0.05, 0) is 56.6 Å². The fourth-order valence-electron chi connectivity index (χ4n) is 2.99. The standard InChI is InChI=1S/C15H20N2O/c1-17-7-3-2-4-12(17)8-11-10-16-15-6-5-13(18)9-14(11)15/h5-6,9-10,12,16,18H,2-4,7-8H2,1H3. The minimum atomic E-state index is 0.348. The van der Waals surface area contributed by atoms with Crippen molar-refractivity contribution >= 4 is 10.9 Å². The fourth-order valence-corrected chi connectivity index (χ4v) is 2.99. The van der Waals surface area contributed by atoms with Gasteiger partial charge < -0.3 is 15.0 Å². The van der Waals surface area contributed by atoms with Gasteiger partial charge in [0.25, 0.3) is 0 Å². The maximum Gasteiger partial charge on any atom is 0.116 e. The lowest BCUT2D eigenvalue weighted by Crippen LogP contribution is -2.37. The van der Waals surface area contributed by atoms with E-state index < -0.39 is 0 Å². The molecule has 96 valence electrons. The second-order valence-electron chi connectivity index (χ2n) is 5.38. The number of aromatic nitrogens is 1. The maximum absolute atomic E-state index is 9.61. The van der Waals surface area contributed by atoms with Gasteiger partial charge in [0.05, 0.1) is 0 Å². The van der Waals surface area contributed by atoms with Crippen molar-refractivity contribution < 1.29 is 5.11 Å². The number of aromatic hydroxyl groups is 1. The molecule has 1 saturated heterocycles. The fraction of sp³-hybridized carbons (Fsp3) is 0.467. The van der Waals surface area contributed by atoms with E-state index >= 15 is 0 Å². The van der Waals surface area contributed by atoms with E-state index in [9.17, 15) is 5.11 Å². The number of aromatic amines is 1. The molecule has 2 N–H and O–H groups in total. The molecule has 1 atom stereocenters. The number of phenolic OH excluding ortho intramolecular Hbond substituents is 1. The van der Waals surface area contributed by atoms with Gasteiger partial charge in [0, 0.05) is 23.1 Å². The topological polar surface area (TPSA) is 39.3 Å². The Hall–Kier alpha value is -1.48. The summed E-state index contributed by atoms with van der Waals surface area (Å²) in [7, 11) is 2.22. The van der Waals surface area contributed by atoms with Crippen LogP contribution < -0.4 is 0 Å². The van der Waals surface area contributed by atoms with Crippen LogP contribution in [0.2, 0.25) is 0 Å². The predicted octanol–water partition coefficient (Wildman–Crippen LogP) is 2.90. The third-order valence-electron chi connectivity index (χ3n) is 4.13. The summed E-state index contributed by atoms with van der Waals surface area (Å²) in [5, 5.41) is 10.8. The Balaban J connectivity index is 1.87. The van der Waals surface area contributed by atoms with Crippen LogP contribution in [0.4, 0.5) is 0 Å². The molecule has 1 aliphatic rings. The largest absolute Gasteiger partial charge is 0.508 e. The number of benzene rings is 1. The molecule has 2 heterocycles. The Bertz CT molecular complexity index is 546. The van der Waals surface area contributed by atoms with Crippen LogP contribution in [-0.4, -0.2) is 34.6 Å². The molecule has 3 nitrogen and oxygen atoms in total. The number of H-pyrrole nitrogens is 1. The minimum Gasteiger partial charge on any atom is -0.508 e. The quantitative estimate of drug-likeness (QED) is 0.852. The Morgan fingerprint density at radius 2 is 2.28 bits per heavy atom. The zero-order valence-corrected chi connectivity index (χ0v) is 10.8. The first-order valence-electron chi connectivity index (χ1n) is 6.73. The summed E-state index contributed by atoms with van der Waals surface area (Å²) in [4.78, 5) is 5.75. The smallest absolute Gasteiger partial charge is 0.116 e. The van der Waals surface area contributed by atoms with Crippen LogP contribution in [0.25, 0.3) is 10.9 Å². The molecule has 0 spiro atoms. The van der Waals surface area contributed by atoms with Crippen molar-refractivity contribution in [3.05, 3.63) is 30.0 Å². The number of fused-ring (bicyclic) bond motifs is 1. The summed E-state index contributed by atoms with van der Waals surface area (Å²) in [5.74, 6) is 0.348. The summed E-state index contributed by atoms with van der Waals surface area (Å²) in [5.41, 5.74) is 2.43. The normalized spacial score (nSPS) is 21.5. The van der Waals surface area contributed by atoms with Crippen LogP contribution in [-0.2, 0) is 6.42 Å². The van der Waals surface area contributed by atoms with Gasteiger partial charge in [0.2, 0.25) is 0 Å². The predicted molar refractivity (Wildman–Crippen MR) is 73.9 cm³/mol. The van der Waals surface area contributed by atoms with Crippen molar-refractivity contribution in [1.29, 1.82) is 0 Å². The highest BCUT2D eigenvalue weighted by Crippen LogP contribution is 2.26. The maximum atomic E-state index is 9.61. The van der Waals surface area contributed by atoms with Crippen LogP contribution in [0.15, 0.2) is 24.4 Å². The third-order valence-corrected chi connectivity index (χ3v) is 4.13. The van der Waals surface area contributed by atoms with Gasteiger partial charge in [-0.1, -0.05) is 6.42 Å². The van der Waals surface area contributed by atoms with Crippen LogP contribution in [0.5, 0.6) is 5.75 Å². The SMILES string of the molecule is CN1CCCCC1Cc1c[nH]c2ccc(O)cc12. The molecule has 0 bridgehead atoms. The van der Waals surface area contributed by atoms with E-state index in [1.807, 2.05) is 12.1 Å². The molecule has 3 rings (SSSR count). The van der Waals surface area contributed by atoms with Crippen molar-refractivity contribution in [2.45, 2.75) is 31.7 Å². The lowest BCUT2D eigenvalue weighted by Gasteiger charge is -2.32. The molecule has 18 heavy (non-hydrogen) atoms. The highest BCUT2D eigenvalue weighted by molar-refractivity contribution is 5.84. The first-order chi connectivity index (χ1) is 8.74. The van der Waals surface area contributed by atoms with Crippen molar-refractivity contribution in [2.24, 2.45) is 0 Å². The van der Waals surface area contributed by atoms with Gasteiger partial charge >= 0.3 is 0 Å². The van der Waals surface area contributed by atoms with Gasteiger partial charge in [-0.3, -0.25) is 0 Å². The molecule has 1 fully saturated rings. The first-order valence-corrected chi connectivity index (χ1v) is 6.73. The summed E-state index contributed by atoms with van der Waals surface area (Å²) >= 11 is 0. The van der Waals surface area contributed by atoms with Gasteiger partial charge in [0.15, 0.2) is 0 Å². The van der Waals surface area contributed by atoms with E-state index in [4.69, 9.17) is 0 Å². The third kappa shape index (κ3) is 2.10. The number of hydrogen-bond donors (Lipinski definition) is 2. The Morgan fingerprint density at radius 1 is 1.39 bits per heavy atom. The van der Waals surface area contributed by atoms with E-state index in [1.54, 1.807) is 6.07 Å².